The molecule has 5 nitrogen and oxygen atoms in total. The maximum atomic E-state index is 13.0. The number of nitrogens with zero attached hydrogens (tertiary/aromatic N) is 3. The number of rotatable bonds is 3. The molecule has 25 heavy (non-hydrogen) atoms. The number of aromatic nitrogens is 2. The molecule has 0 spiro atoms. The molecular formula is C19H24N4OS. The number of H-pyrrole nitrogens is 1. The molecule has 2 saturated heterocycles. The Morgan fingerprint density at radius 3 is 2.52 bits per heavy atom. The van der Waals surface area contributed by atoms with E-state index in [1.54, 1.807) is 6.20 Å². The van der Waals surface area contributed by atoms with Crippen LogP contribution in [0.2, 0.25) is 0 Å². The zero-order chi connectivity index (χ0) is 17.1. The summed E-state index contributed by atoms with van der Waals surface area (Å²) in [4.78, 5) is 17.5. The quantitative estimate of drug-likeness (QED) is 0.919. The van der Waals surface area contributed by atoms with Crippen LogP contribution in [-0.4, -0.2) is 69.6 Å². The molecule has 1 N–H and O–H groups in total. The summed E-state index contributed by atoms with van der Waals surface area (Å²) in [5.74, 6) is 2.64. The van der Waals surface area contributed by atoms with Crippen LogP contribution in [0, 0.1) is 0 Å². The smallest absolute Gasteiger partial charge is 0.257 e. The molecule has 0 aliphatic carbocycles. The molecule has 0 unspecified atom stereocenters. The number of carbonyl (C=O) groups is 1. The molecule has 1 aromatic heterocycles. The van der Waals surface area contributed by atoms with Gasteiger partial charge in [0.15, 0.2) is 0 Å². The van der Waals surface area contributed by atoms with Crippen molar-refractivity contribution in [3.05, 3.63) is 42.1 Å². The van der Waals surface area contributed by atoms with E-state index >= 15 is 0 Å². The Balaban J connectivity index is 1.42. The van der Waals surface area contributed by atoms with Gasteiger partial charge >= 0.3 is 0 Å². The average molecular weight is 356 g/mol. The fourth-order valence-corrected chi connectivity index (χ4v) is 4.87. The summed E-state index contributed by atoms with van der Waals surface area (Å²) < 4.78 is 0. The van der Waals surface area contributed by atoms with E-state index in [1.165, 1.54) is 24.3 Å². The molecule has 0 saturated carbocycles. The van der Waals surface area contributed by atoms with Crippen LogP contribution in [0.15, 0.2) is 36.5 Å². The van der Waals surface area contributed by atoms with E-state index in [2.05, 4.69) is 26.9 Å². The minimum Gasteiger partial charge on any atom is -0.336 e. The van der Waals surface area contributed by atoms with E-state index in [0.717, 1.165) is 37.4 Å². The van der Waals surface area contributed by atoms with Crippen molar-refractivity contribution in [2.45, 2.75) is 18.9 Å². The summed E-state index contributed by atoms with van der Waals surface area (Å²) in [5, 5.41) is 7.11. The van der Waals surface area contributed by atoms with Gasteiger partial charge in [-0.15, -0.1) is 0 Å². The molecule has 0 radical (unpaired) electrons. The minimum absolute atomic E-state index is 0.0893. The Bertz CT molecular complexity index is 703. The van der Waals surface area contributed by atoms with Crippen LogP contribution < -0.4 is 0 Å². The number of carbonyl (C=O) groups excluding carboxylic acids is 1. The predicted octanol–water partition coefficient (Wildman–Crippen LogP) is 2.73. The molecule has 2 fully saturated rings. The van der Waals surface area contributed by atoms with Gasteiger partial charge in [0.2, 0.25) is 0 Å². The first-order valence-corrected chi connectivity index (χ1v) is 10.2. The molecule has 2 aliphatic rings. The Labute approximate surface area is 152 Å². The number of amides is 1. The van der Waals surface area contributed by atoms with Crippen LogP contribution in [0.4, 0.5) is 0 Å². The molecule has 0 atom stereocenters. The summed E-state index contributed by atoms with van der Waals surface area (Å²) in [5.41, 5.74) is 2.49. The fraction of sp³-hybridized carbons (Fsp3) is 0.474. The highest BCUT2D eigenvalue weighted by Crippen LogP contribution is 2.25. The lowest BCUT2D eigenvalue weighted by Crippen LogP contribution is -2.52. The van der Waals surface area contributed by atoms with E-state index in [-0.39, 0.29) is 5.91 Å². The lowest BCUT2D eigenvalue weighted by Gasteiger charge is -2.40. The average Bonchev–Trinajstić information content (AvgIpc) is 3.19. The fourth-order valence-electron chi connectivity index (χ4n) is 3.78. The third kappa shape index (κ3) is 3.60. The third-order valence-corrected chi connectivity index (χ3v) is 6.29. The molecule has 2 aromatic rings. The summed E-state index contributed by atoms with van der Waals surface area (Å²) in [6, 6.07) is 10.7. The van der Waals surface area contributed by atoms with Gasteiger partial charge in [-0.05, 0) is 24.3 Å². The summed E-state index contributed by atoms with van der Waals surface area (Å²) in [6.45, 7) is 3.59. The Hall–Kier alpha value is -1.79. The Kier molecular flexibility index (Phi) is 5.08. The molecular weight excluding hydrogens is 332 g/mol. The largest absolute Gasteiger partial charge is 0.336 e. The van der Waals surface area contributed by atoms with Gasteiger partial charge in [-0.25, -0.2) is 0 Å². The molecule has 1 aromatic carbocycles. The maximum Gasteiger partial charge on any atom is 0.257 e. The van der Waals surface area contributed by atoms with Crippen molar-refractivity contribution in [2.24, 2.45) is 0 Å². The summed E-state index contributed by atoms with van der Waals surface area (Å²) >= 11 is 2.06. The number of piperazine rings is 1. The summed E-state index contributed by atoms with van der Waals surface area (Å²) in [7, 11) is 0. The van der Waals surface area contributed by atoms with Gasteiger partial charge in [-0.3, -0.25) is 14.8 Å². The zero-order valence-electron chi connectivity index (χ0n) is 14.4. The monoisotopic (exact) mass is 356 g/mol. The minimum atomic E-state index is 0.0893. The van der Waals surface area contributed by atoms with Gasteiger partial charge in [0.1, 0.15) is 0 Å². The highest BCUT2D eigenvalue weighted by atomic mass is 32.2. The van der Waals surface area contributed by atoms with Crippen molar-refractivity contribution < 1.29 is 4.79 Å². The van der Waals surface area contributed by atoms with Crippen LogP contribution >= 0.6 is 11.8 Å². The molecule has 132 valence electrons. The van der Waals surface area contributed by atoms with Crippen LogP contribution in [0.25, 0.3) is 11.3 Å². The SMILES string of the molecule is O=C(c1cn[nH]c1-c1ccccc1)N1CCN(C2CCSCC2)CC1. The first-order chi connectivity index (χ1) is 12.3. The number of hydrogen-bond donors (Lipinski definition) is 1. The molecule has 0 bridgehead atoms. The number of nitrogens with one attached hydrogen (secondary N) is 1. The van der Waals surface area contributed by atoms with E-state index in [9.17, 15) is 4.79 Å². The van der Waals surface area contributed by atoms with E-state index in [4.69, 9.17) is 0 Å². The second kappa shape index (κ2) is 7.62. The van der Waals surface area contributed by atoms with Gasteiger partial charge in [-0.2, -0.15) is 16.9 Å². The first-order valence-electron chi connectivity index (χ1n) is 9.03. The molecule has 2 aliphatic heterocycles. The van der Waals surface area contributed by atoms with Gasteiger partial charge in [0.25, 0.3) is 5.91 Å². The van der Waals surface area contributed by atoms with Crippen molar-refractivity contribution in [3.8, 4) is 11.3 Å². The standard InChI is InChI=1S/C19H24N4OS/c24-19(17-14-20-21-18(17)15-4-2-1-3-5-15)23-10-8-22(9-11-23)16-6-12-25-13-7-16/h1-5,14,16H,6-13H2,(H,20,21). The van der Waals surface area contributed by atoms with Crippen molar-refractivity contribution in [2.75, 3.05) is 37.7 Å². The first kappa shape index (κ1) is 16.7. The normalized spacial score (nSPS) is 19.9. The Morgan fingerprint density at radius 2 is 1.80 bits per heavy atom. The topological polar surface area (TPSA) is 52.2 Å². The second-order valence-corrected chi connectivity index (χ2v) is 7.92. The number of hydrogen-bond acceptors (Lipinski definition) is 4. The lowest BCUT2D eigenvalue weighted by atomic mass is 10.1. The van der Waals surface area contributed by atoms with Gasteiger partial charge in [0.05, 0.1) is 17.5 Å². The van der Waals surface area contributed by atoms with Gasteiger partial charge < -0.3 is 4.90 Å². The highest BCUT2D eigenvalue weighted by Gasteiger charge is 2.29. The highest BCUT2D eigenvalue weighted by molar-refractivity contribution is 7.99. The molecule has 1 amide bonds. The lowest BCUT2D eigenvalue weighted by molar-refractivity contribution is 0.0560. The maximum absolute atomic E-state index is 13.0. The van der Waals surface area contributed by atoms with Crippen molar-refractivity contribution >= 4 is 17.7 Å². The molecule has 3 heterocycles. The number of thioether (sulfide) groups is 1. The van der Waals surface area contributed by atoms with Crippen LogP contribution in [0.1, 0.15) is 23.2 Å². The van der Waals surface area contributed by atoms with Gasteiger partial charge in [0, 0.05) is 37.8 Å². The van der Waals surface area contributed by atoms with Crippen molar-refractivity contribution in [1.82, 2.24) is 20.0 Å². The van der Waals surface area contributed by atoms with Gasteiger partial charge in [-0.1, -0.05) is 30.3 Å². The predicted molar refractivity (Wildman–Crippen MR) is 102 cm³/mol. The third-order valence-electron chi connectivity index (χ3n) is 5.24. The Morgan fingerprint density at radius 1 is 1.08 bits per heavy atom. The van der Waals surface area contributed by atoms with E-state index in [0.29, 0.717) is 11.6 Å². The van der Waals surface area contributed by atoms with E-state index in [1.807, 2.05) is 35.2 Å². The van der Waals surface area contributed by atoms with Crippen LogP contribution in [0.3, 0.4) is 0 Å². The number of aromatic amines is 1. The zero-order valence-corrected chi connectivity index (χ0v) is 15.2. The number of benzene rings is 1. The van der Waals surface area contributed by atoms with E-state index < -0.39 is 0 Å². The molecule has 6 heteroatoms. The van der Waals surface area contributed by atoms with Crippen molar-refractivity contribution in [1.29, 1.82) is 0 Å². The van der Waals surface area contributed by atoms with Crippen LogP contribution in [-0.2, 0) is 0 Å². The summed E-state index contributed by atoms with van der Waals surface area (Å²) in [6.07, 6.45) is 4.24. The molecule has 4 rings (SSSR count). The second-order valence-electron chi connectivity index (χ2n) is 6.70. The van der Waals surface area contributed by atoms with Crippen LogP contribution in [0.5, 0.6) is 0 Å². The van der Waals surface area contributed by atoms with Crippen molar-refractivity contribution in [3.63, 3.8) is 0 Å².